The van der Waals surface area contributed by atoms with E-state index >= 15 is 0 Å². The lowest BCUT2D eigenvalue weighted by atomic mass is 9.83. The van der Waals surface area contributed by atoms with Gasteiger partial charge < -0.3 is 4.90 Å². The third kappa shape index (κ3) is 8.05. The van der Waals surface area contributed by atoms with Gasteiger partial charge in [-0.1, -0.05) is 165 Å². The van der Waals surface area contributed by atoms with Gasteiger partial charge in [0.2, 0.25) is 0 Å². The number of hydrogen-bond donors (Lipinski definition) is 0. The molecule has 0 saturated carbocycles. The van der Waals surface area contributed by atoms with Gasteiger partial charge in [0.05, 0.1) is 0 Å². The van der Waals surface area contributed by atoms with E-state index in [9.17, 15) is 0 Å². The van der Waals surface area contributed by atoms with Gasteiger partial charge in [0.25, 0.3) is 0 Å². The zero-order valence-corrected chi connectivity index (χ0v) is 36.5. The third-order valence-electron chi connectivity index (χ3n) is 12.3. The minimum atomic E-state index is 0.892. The minimum absolute atomic E-state index is 0.892. The summed E-state index contributed by atoms with van der Waals surface area (Å²) in [5.41, 5.74) is 25.1. The fraction of sp³-hybridized carbons (Fsp3) is 0.133. The molecule has 7 aromatic carbocycles. The molecule has 0 heterocycles. The molecule has 1 aliphatic rings. The third-order valence-corrected chi connectivity index (χ3v) is 12.3. The van der Waals surface area contributed by atoms with Crippen molar-refractivity contribution in [1.29, 1.82) is 0 Å². The van der Waals surface area contributed by atoms with Crippen LogP contribution in [0.1, 0.15) is 61.9 Å². The summed E-state index contributed by atoms with van der Waals surface area (Å²) in [6.45, 7) is 17.3. The molecule has 1 aliphatic carbocycles. The van der Waals surface area contributed by atoms with Crippen LogP contribution in [0.5, 0.6) is 0 Å². The molecule has 0 saturated heterocycles. The maximum absolute atomic E-state index is 4.14. The first-order valence-electron chi connectivity index (χ1n) is 21.6. The highest BCUT2D eigenvalue weighted by atomic mass is 15.1. The van der Waals surface area contributed by atoms with E-state index in [-0.39, 0.29) is 0 Å². The molecule has 0 N–H and O–H groups in total. The van der Waals surface area contributed by atoms with Crippen LogP contribution in [0.2, 0.25) is 0 Å². The van der Waals surface area contributed by atoms with E-state index in [2.05, 4.69) is 235 Å². The molecule has 0 fully saturated rings. The maximum atomic E-state index is 4.14. The molecule has 8 rings (SSSR count). The maximum Gasteiger partial charge on any atom is 0.0462 e. The topological polar surface area (TPSA) is 3.24 Å². The molecule has 7 aromatic rings. The number of rotatable bonds is 12. The summed E-state index contributed by atoms with van der Waals surface area (Å²) >= 11 is 0. The van der Waals surface area contributed by atoms with Gasteiger partial charge in [0.15, 0.2) is 0 Å². The zero-order chi connectivity index (χ0) is 42.5. The highest BCUT2D eigenvalue weighted by Crippen LogP contribution is 2.44. The van der Waals surface area contributed by atoms with Crippen molar-refractivity contribution in [1.82, 2.24) is 0 Å². The zero-order valence-electron chi connectivity index (χ0n) is 36.5. The fourth-order valence-corrected chi connectivity index (χ4v) is 9.28. The van der Waals surface area contributed by atoms with Crippen molar-refractivity contribution >= 4 is 28.2 Å². The van der Waals surface area contributed by atoms with Gasteiger partial charge in [0, 0.05) is 17.1 Å². The van der Waals surface area contributed by atoms with Gasteiger partial charge in [-0.3, -0.25) is 0 Å². The highest BCUT2D eigenvalue weighted by Gasteiger charge is 2.23. The molecule has 300 valence electrons. The number of hydrogen-bond acceptors (Lipinski definition) is 1. The Kier molecular flexibility index (Phi) is 12.1. The Hall–Kier alpha value is -6.96. The summed E-state index contributed by atoms with van der Waals surface area (Å²) in [6.07, 6.45) is 12.6. The van der Waals surface area contributed by atoms with Crippen molar-refractivity contribution in [2.45, 2.75) is 54.4 Å². The first-order chi connectivity index (χ1) is 29.8. The Morgan fingerprint density at radius 3 is 1.72 bits per heavy atom. The number of fused-ring (bicyclic) bond motifs is 1. The van der Waals surface area contributed by atoms with Crippen LogP contribution in [-0.4, -0.2) is 0 Å². The van der Waals surface area contributed by atoms with Gasteiger partial charge >= 0.3 is 0 Å². The van der Waals surface area contributed by atoms with Crippen molar-refractivity contribution in [3.63, 3.8) is 0 Å². The second-order valence-electron chi connectivity index (χ2n) is 16.0. The largest absolute Gasteiger partial charge is 0.311 e. The normalized spacial score (nSPS) is 12.9. The standard InChI is InChI=1S/C60H55N/c1-8-18-41(5)52(11-4)54-38-39-57(60(43(54)7)53-23-16-15-20-42(53)6)48-30-36-51(37-31-48)61(49-32-26-46(27-33-49)45-21-13-12-14-22-45)50-34-28-47(29-35-50)56-24-17-25-58-55(19-9-2)44(10-3)40-59(56)58/h8-10,12-39H,3,11,40H2,1-2,4-7H3/b18-8-,19-9-,52-41+. The van der Waals surface area contributed by atoms with Crippen LogP contribution >= 0.6 is 0 Å². The van der Waals surface area contributed by atoms with E-state index in [1.54, 1.807) is 0 Å². The van der Waals surface area contributed by atoms with Crippen LogP contribution in [0.3, 0.4) is 0 Å². The van der Waals surface area contributed by atoms with Gasteiger partial charge in [-0.25, -0.2) is 0 Å². The highest BCUT2D eigenvalue weighted by molar-refractivity contribution is 5.93. The summed E-state index contributed by atoms with van der Waals surface area (Å²) in [6, 6.07) is 58.0. The number of benzene rings is 7. The first kappa shape index (κ1) is 40.8. The number of anilines is 3. The van der Waals surface area contributed by atoms with Crippen LogP contribution < -0.4 is 4.90 Å². The van der Waals surface area contributed by atoms with Gasteiger partial charge in [-0.05, 0) is 178 Å². The Balaban J connectivity index is 1.22. The van der Waals surface area contributed by atoms with E-state index < -0.39 is 0 Å². The summed E-state index contributed by atoms with van der Waals surface area (Å²) in [7, 11) is 0. The van der Waals surface area contributed by atoms with Gasteiger partial charge in [0.1, 0.15) is 0 Å². The van der Waals surface area contributed by atoms with Crippen LogP contribution in [0.4, 0.5) is 17.1 Å². The molecule has 0 radical (unpaired) electrons. The number of aryl methyl sites for hydroxylation is 1. The molecule has 1 nitrogen and oxygen atoms in total. The van der Waals surface area contributed by atoms with Crippen molar-refractivity contribution in [3.05, 3.63) is 234 Å². The Morgan fingerprint density at radius 2 is 1.13 bits per heavy atom. The van der Waals surface area contributed by atoms with E-state index in [0.717, 1.165) is 29.9 Å². The van der Waals surface area contributed by atoms with Gasteiger partial charge in [-0.2, -0.15) is 0 Å². The minimum Gasteiger partial charge on any atom is -0.311 e. The molecule has 0 aliphatic heterocycles. The molecule has 0 spiro atoms. The second kappa shape index (κ2) is 18.1. The summed E-state index contributed by atoms with van der Waals surface area (Å²) in [4.78, 5) is 2.37. The van der Waals surface area contributed by atoms with Crippen molar-refractivity contribution in [3.8, 4) is 44.5 Å². The summed E-state index contributed by atoms with van der Waals surface area (Å²) < 4.78 is 0. The molecular formula is C60H55N. The predicted molar refractivity (Wildman–Crippen MR) is 266 cm³/mol. The molecule has 0 amide bonds. The molecule has 1 heteroatoms. The lowest BCUT2D eigenvalue weighted by Gasteiger charge is -2.26. The van der Waals surface area contributed by atoms with E-state index in [0.29, 0.717) is 0 Å². The Bertz CT molecular complexity index is 2820. The molecular weight excluding hydrogens is 735 g/mol. The van der Waals surface area contributed by atoms with Crippen molar-refractivity contribution in [2.75, 3.05) is 4.90 Å². The predicted octanol–water partition coefficient (Wildman–Crippen LogP) is 17.3. The molecule has 0 bridgehead atoms. The first-order valence-corrected chi connectivity index (χ1v) is 21.6. The lowest BCUT2D eigenvalue weighted by molar-refractivity contribution is 1.20. The van der Waals surface area contributed by atoms with E-state index in [1.165, 1.54) is 94.6 Å². The molecule has 0 aromatic heterocycles. The molecule has 61 heavy (non-hydrogen) atoms. The fourth-order valence-electron chi connectivity index (χ4n) is 9.28. The van der Waals surface area contributed by atoms with E-state index in [1.807, 2.05) is 6.08 Å². The van der Waals surface area contributed by atoms with E-state index in [4.69, 9.17) is 0 Å². The molecule has 0 atom stereocenters. The number of nitrogens with zero attached hydrogens (tertiary/aromatic N) is 1. The van der Waals surface area contributed by atoms with Crippen molar-refractivity contribution in [2.24, 2.45) is 0 Å². The number of allylic oxidation sites excluding steroid dienone is 9. The van der Waals surface area contributed by atoms with Crippen LogP contribution in [0.15, 0.2) is 206 Å². The van der Waals surface area contributed by atoms with Crippen LogP contribution in [-0.2, 0) is 6.42 Å². The monoisotopic (exact) mass is 789 g/mol. The smallest absolute Gasteiger partial charge is 0.0462 e. The van der Waals surface area contributed by atoms with Gasteiger partial charge in [-0.15, -0.1) is 0 Å². The SMILES string of the molecule is C=CC1=C(/C=C\C)c2cccc(-c3ccc(N(c4ccc(-c5ccccc5)cc4)c4ccc(-c5ccc(/C(CC)=C(C)/C=C\C)c(C)c5-c5ccccc5C)cc4)cc3)c2C1. The quantitative estimate of drug-likeness (QED) is 0.111. The Labute approximate surface area is 364 Å². The average molecular weight is 790 g/mol. The Morgan fingerprint density at radius 1 is 0.574 bits per heavy atom. The summed E-state index contributed by atoms with van der Waals surface area (Å²) in [5, 5.41) is 0. The molecule has 0 unspecified atom stereocenters. The van der Waals surface area contributed by atoms with Crippen LogP contribution in [0.25, 0.3) is 55.7 Å². The second-order valence-corrected chi connectivity index (χ2v) is 16.0. The summed E-state index contributed by atoms with van der Waals surface area (Å²) in [5.74, 6) is 0. The lowest BCUT2D eigenvalue weighted by Crippen LogP contribution is -2.10. The average Bonchev–Trinajstić information content (AvgIpc) is 3.66. The van der Waals surface area contributed by atoms with Crippen LogP contribution in [0, 0.1) is 13.8 Å². The van der Waals surface area contributed by atoms with Crippen molar-refractivity contribution < 1.29 is 0 Å².